The van der Waals surface area contributed by atoms with E-state index in [1.165, 1.54) is 0 Å². The number of halogens is 1. The summed E-state index contributed by atoms with van der Waals surface area (Å²) in [5, 5.41) is 4.85. The molecule has 0 radical (unpaired) electrons. The molecular weight excluding hydrogens is 252 g/mol. The van der Waals surface area contributed by atoms with E-state index in [0.29, 0.717) is 6.01 Å². The van der Waals surface area contributed by atoms with E-state index in [2.05, 4.69) is 26.2 Å². The fraction of sp³-hybridized carbons (Fsp3) is 0.125. The van der Waals surface area contributed by atoms with Gasteiger partial charge in [-0.25, -0.2) is 4.98 Å². The molecule has 2 rings (SSSR count). The summed E-state index contributed by atoms with van der Waals surface area (Å²) < 4.78 is 6.46. The number of oxazole rings is 1. The molecule has 0 aromatic carbocycles. The highest BCUT2D eigenvalue weighted by atomic mass is 79.9. The SMILES string of the molecule is CNc1ncc(-c2cc(Br)cs2)o1. The average molecular weight is 259 g/mol. The molecule has 68 valence electrons. The molecule has 0 bridgehead atoms. The summed E-state index contributed by atoms with van der Waals surface area (Å²) in [5.74, 6) is 0.792. The molecule has 0 saturated carbocycles. The van der Waals surface area contributed by atoms with Gasteiger partial charge in [-0.2, -0.15) is 0 Å². The molecule has 2 aromatic heterocycles. The Labute approximate surface area is 87.9 Å². The van der Waals surface area contributed by atoms with Gasteiger partial charge in [-0.15, -0.1) is 11.3 Å². The molecule has 5 heteroatoms. The van der Waals surface area contributed by atoms with Gasteiger partial charge in [0, 0.05) is 16.9 Å². The number of hydrogen-bond acceptors (Lipinski definition) is 4. The Morgan fingerprint density at radius 3 is 3.00 bits per heavy atom. The van der Waals surface area contributed by atoms with Gasteiger partial charge in [0.05, 0.1) is 11.1 Å². The fourth-order valence-corrected chi connectivity index (χ4v) is 2.32. The zero-order chi connectivity index (χ0) is 9.26. The van der Waals surface area contributed by atoms with E-state index >= 15 is 0 Å². The summed E-state index contributed by atoms with van der Waals surface area (Å²) in [6.45, 7) is 0. The van der Waals surface area contributed by atoms with E-state index in [1.54, 1.807) is 24.6 Å². The molecule has 0 aliphatic carbocycles. The van der Waals surface area contributed by atoms with Crippen LogP contribution >= 0.6 is 27.3 Å². The molecule has 0 spiro atoms. The van der Waals surface area contributed by atoms with Crippen molar-refractivity contribution in [1.82, 2.24) is 4.98 Å². The lowest BCUT2D eigenvalue weighted by Gasteiger charge is -1.89. The number of nitrogens with zero attached hydrogens (tertiary/aromatic N) is 1. The lowest BCUT2D eigenvalue weighted by atomic mass is 10.4. The van der Waals surface area contributed by atoms with Crippen molar-refractivity contribution in [3.05, 3.63) is 22.1 Å². The summed E-state index contributed by atoms with van der Waals surface area (Å²) in [4.78, 5) is 5.10. The molecule has 0 aliphatic rings. The predicted octanol–water partition coefficient (Wildman–Crippen LogP) is 3.21. The molecule has 0 saturated heterocycles. The number of hydrogen-bond donors (Lipinski definition) is 1. The first kappa shape index (κ1) is 8.77. The third-order valence-corrected chi connectivity index (χ3v) is 3.24. The standard InChI is InChI=1S/C8H7BrN2OS/c1-10-8-11-3-6(12-8)7-2-5(9)4-13-7/h2-4H,1H3,(H,10,11). The minimum Gasteiger partial charge on any atom is -0.423 e. The lowest BCUT2D eigenvalue weighted by molar-refractivity contribution is 0.591. The topological polar surface area (TPSA) is 38.1 Å². The molecule has 0 amide bonds. The average Bonchev–Trinajstić information content (AvgIpc) is 2.71. The van der Waals surface area contributed by atoms with E-state index in [1.807, 2.05) is 11.4 Å². The van der Waals surface area contributed by atoms with Crippen molar-refractivity contribution in [2.75, 3.05) is 12.4 Å². The Kier molecular flexibility index (Phi) is 2.37. The Hall–Kier alpha value is -0.810. The Bertz CT molecular complexity index is 410. The highest BCUT2D eigenvalue weighted by Gasteiger charge is 2.06. The summed E-state index contributed by atoms with van der Waals surface area (Å²) in [7, 11) is 1.78. The predicted molar refractivity (Wildman–Crippen MR) is 57.1 cm³/mol. The van der Waals surface area contributed by atoms with Gasteiger partial charge in [-0.3, -0.25) is 0 Å². The molecule has 13 heavy (non-hydrogen) atoms. The Morgan fingerprint density at radius 2 is 2.46 bits per heavy atom. The fourth-order valence-electron chi connectivity index (χ4n) is 0.946. The maximum atomic E-state index is 5.40. The third-order valence-electron chi connectivity index (χ3n) is 1.53. The minimum absolute atomic E-state index is 0.541. The number of rotatable bonds is 2. The van der Waals surface area contributed by atoms with Crippen LogP contribution in [0.15, 0.2) is 26.5 Å². The molecule has 3 nitrogen and oxygen atoms in total. The van der Waals surface area contributed by atoms with Crippen LogP contribution in [0.2, 0.25) is 0 Å². The molecule has 1 N–H and O–H groups in total. The van der Waals surface area contributed by atoms with Crippen LogP contribution < -0.4 is 5.32 Å². The quantitative estimate of drug-likeness (QED) is 0.899. The Morgan fingerprint density at radius 1 is 1.62 bits per heavy atom. The number of thiophene rings is 1. The van der Waals surface area contributed by atoms with Gasteiger partial charge in [0.25, 0.3) is 6.01 Å². The second-order valence-corrected chi connectivity index (χ2v) is 4.24. The van der Waals surface area contributed by atoms with Crippen molar-refractivity contribution in [1.29, 1.82) is 0 Å². The summed E-state index contributed by atoms with van der Waals surface area (Å²) in [5.41, 5.74) is 0. The van der Waals surface area contributed by atoms with Crippen LogP contribution in [0.4, 0.5) is 6.01 Å². The molecule has 0 fully saturated rings. The van der Waals surface area contributed by atoms with Gasteiger partial charge < -0.3 is 9.73 Å². The van der Waals surface area contributed by atoms with Crippen LogP contribution in [0.5, 0.6) is 0 Å². The summed E-state index contributed by atoms with van der Waals surface area (Å²) >= 11 is 5.00. The summed E-state index contributed by atoms with van der Waals surface area (Å²) in [6.07, 6.45) is 1.71. The largest absolute Gasteiger partial charge is 0.423 e. The van der Waals surface area contributed by atoms with Gasteiger partial charge >= 0.3 is 0 Å². The lowest BCUT2D eigenvalue weighted by Crippen LogP contribution is -1.84. The second kappa shape index (κ2) is 3.51. The highest BCUT2D eigenvalue weighted by Crippen LogP contribution is 2.30. The molecule has 2 heterocycles. The van der Waals surface area contributed by atoms with Crippen LogP contribution in [-0.2, 0) is 0 Å². The van der Waals surface area contributed by atoms with Crippen molar-refractivity contribution < 1.29 is 4.42 Å². The van der Waals surface area contributed by atoms with Crippen LogP contribution in [-0.4, -0.2) is 12.0 Å². The molecule has 2 aromatic rings. The minimum atomic E-state index is 0.541. The first-order valence-electron chi connectivity index (χ1n) is 3.67. The maximum Gasteiger partial charge on any atom is 0.294 e. The van der Waals surface area contributed by atoms with E-state index in [0.717, 1.165) is 15.1 Å². The maximum absolute atomic E-state index is 5.40. The van der Waals surface area contributed by atoms with Gasteiger partial charge in [0.1, 0.15) is 0 Å². The zero-order valence-electron chi connectivity index (χ0n) is 6.87. The molecular formula is C8H7BrN2OS. The number of aromatic nitrogens is 1. The van der Waals surface area contributed by atoms with E-state index in [4.69, 9.17) is 4.42 Å². The van der Waals surface area contributed by atoms with E-state index in [9.17, 15) is 0 Å². The van der Waals surface area contributed by atoms with Gasteiger partial charge in [-0.1, -0.05) is 0 Å². The van der Waals surface area contributed by atoms with Crippen LogP contribution in [0, 0.1) is 0 Å². The zero-order valence-corrected chi connectivity index (χ0v) is 9.28. The van der Waals surface area contributed by atoms with Crippen LogP contribution in [0.25, 0.3) is 10.6 Å². The van der Waals surface area contributed by atoms with Gasteiger partial charge in [0.2, 0.25) is 0 Å². The van der Waals surface area contributed by atoms with Crippen molar-refractivity contribution in [3.63, 3.8) is 0 Å². The van der Waals surface area contributed by atoms with Crippen molar-refractivity contribution in [2.24, 2.45) is 0 Å². The number of nitrogens with one attached hydrogen (secondary N) is 1. The van der Waals surface area contributed by atoms with E-state index < -0.39 is 0 Å². The normalized spacial score (nSPS) is 10.3. The van der Waals surface area contributed by atoms with Gasteiger partial charge in [0.15, 0.2) is 5.76 Å². The third kappa shape index (κ3) is 1.76. The molecule has 0 unspecified atom stereocenters. The first-order valence-corrected chi connectivity index (χ1v) is 5.35. The van der Waals surface area contributed by atoms with Crippen LogP contribution in [0.1, 0.15) is 0 Å². The molecule has 0 atom stereocenters. The second-order valence-electron chi connectivity index (χ2n) is 2.41. The van der Waals surface area contributed by atoms with Crippen LogP contribution in [0.3, 0.4) is 0 Å². The van der Waals surface area contributed by atoms with Crippen molar-refractivity contribution >= 4 is 33.3 Å². The van der Waals surface area contributed by atoms with E-state index in [-0.39, 0.29) is 0 Å². The first-order chi connectivity index (χ1) is 6.29. The Balaban J connectivity index is 2.35. The highest BCUT2D eigenvalue weighted by molar-refractivity contribution is 9.10. The van der Waals surface area contributed by atoms with Gasteiger partial charge in [-0.05, 0) is 22.0 Å². The van der Waals surface area contributed by atoms with Crippen molar-refractivity contribution in [2.45, 2.75) is 0 Å². The monoisotopic (exact) mass is 258 g/mol. The smallest absolute Gasteiger partial charge is 0.294 e. The van der Waals surface area contributed by atoms with Crippen molar-refractivity contribution in [3.8, 4) is 10.6 Å². The molecule has 0 aliphatic heterocycles. The summed E-state index contributed by atoms with van der Waals surface area (Å²) in [6, 6.07) is 2.55. The number of anilines is 1.